The van der Waals surface area contributed by atoms with E-state index in [1.807, 2.05) is 4.90 Å². The average molecular weight is 185 g/mol. The Morgan fingerprint density at radius 3 is 2.46 bits per heavy atom. The standard InChI is InChI=1S/C9H19N3O/c1-9(7-10)3-5-12(6-4-9)8(13)11-2/h3-7,10H2,1-2H3,(H,11,13). The van der Waals surface area contributed by atoms with Crippen LogP contribution in [0.25, 0.3) is 0 Å². The quantitative estimate of drug-likeness (QED) is 0.620. The van der Waals surface area contributed by atoms with Crippen molar-refractivity contribution >= 4 is 6.03 Å². The summed E-state index contributed by atoms with van der Waals surface area (Å²) in [5.41, 5.74) is 5.91. The smallest absolute Gasteiger partial charge is 0.317 e. The maximum atomic E-state index is 11.2. The van der Waals surface area contributed by atoms with E-state index in [9.17, 15) is 4.79 Å². The zero-order valence-electron chi connectivity index (χ0n) is 8.47. The number of nitrogens with one attached hydrogen (secondary N) is 1. The van der Waals surface area contributed by atoms with E-state index in [-0.39, 0.29) is 11.4 Å². The molecule has 0 aromatic rings. The van der Waals surface area contributed by atoms with Crippen LogP contribution < -0.4 is 11.1 Å². The first kappa shape index (κ1) is 10.3. The summed E-state index contributed by atoms with van der Waals surface area (Å²) in [4.78, 5) is 13.1. The van der Waals surface area contributed by atoms with E-state index in [0.717, 1.165) is 25.9 Å². The second-order valence-electron chi connectivity index (χ2n) is 4.06. The maximum Gasteiger partial charge on any atom is 0.317 e. The third kappa shape index (κ3) is 2.34. The summed E-state index contributed by atoms with van der Waals surface area (Å²) in [5, 5.41) is 2.64. The number of hydrogen-bond acceptors (Lipinski definition) is 2. The molecule has 1 aliphatic rings. The minimum Gasteiger partial charge on any atom is -0.341 e. The van der Waals surface area contributed by atoms with E-state index in [0.29, 0.717) is 6.54 Å². The van der Waals surface area contributed by atoms with E-state index in [1.54, 1.807) is 7.05 Å². The van der Waals surface area contributed by atoms with Crippen molar-refractivity contribution in [2.75, 3.05) is 26.7 Å². The largest absolute Gasteiger partial charge is 0.341 e. The highest BCUT2D eigenvalue weighted by atomic mass is 16.2. The molecule has 0 radical (unpaired) electrons. The Balaban J connectivity index is 2.43. The van der Waals surface area contributed by atoms with Gasteiger partial charge in [-0.25, -0.2) is 4.79 Å². The molecule has 1 fully saturated rings. The van der Waals surface area contributed by atoms with Gasteiger partial charge in [0.15, 0.2) is 0 Å². The minimum absolute atomic E-state index is 0.0269. The van der Waals surface area contributed by atoms with Gasteiger partial charge in [-0.05, 0) is 24.8 Å². The SMILES string of the molecule is CNC(=O)N1CCC(C)(CN)CC1. The van der Waals surface area contributed by atoms with Crippen LogP contribution in [0.2, 0.25) is 0 Å². The first-order valence-corrected chi connectivity index (χ1v) is 4.78. The monoisotopic (exact) mass is 185 g/mol. The van der Waals surface area contributed by atoms with Crippen LogP contribution in [0.3, 0.4) is 0 Å². The molecule has 0 aromatic carbocycles. The number of likely N-dealkylation sites (tertiary alicyclic amines) is 1. The lowest BCUT2D eigenvalue weighted by atomic mass is 9.81. The Labute approximate surface area is 79.5 Å². The van der Waals surface area contributed by atoms with Crippen LogP contribution >= 0.6 is 0 Å². The highest BCUT2D eigenvalue weighted by molar-refractivity contribution is 5.73. The molecule has 1 saturated heterocycles. The van der Waals surface area contributed by atoms with Gasteiger partial charge in [-0.3, -0.25) is 0 Å². The fourth-order valence-electron chi connectivity index (χ4n) is 1.61. The van der Waals surface area contributed by atoms with Crippen LogP contribution in [0.5, 0.6) is 0 Å². The molecule has 0 unspecified atom stereocenters. The molecule has 1 rings (SSSR count). The zero-order valence-corrected chi connectivity index (χ0v) is 8.47. The molecular weight excluding hydrogens is 166 g/mol. The summed E-state index contributed by atoms with van der Waals surface area (Å²) in [6.07, 6.45) is 2.02. The molecule has 4 heteroatoms. The molecule has 13 heavy (non-hydrogen) atoms. The molecule has 1 heterocycles. The minimum atomic E-state index is 0.0269. The van der Waals surface area contributed by atoms with Crippen molar-refractivity contribution in [3.05, 3.63) is 0 Å². The van der Waals surface area contributed by atoms with Crippen LogP contribution in [0.1, 0.15) is 19.8 Å². The van der Waals surface area contributed by atoms with Crippen LogP contribution in [-0.4, -0.2) is 37.6 Å². The Morgan fingerprint density at radius 1 is 1.54 bits per heavy atom. The molecule has 3 N–H and O–H groups in total. The van der Waals surface area contributed by atoms with Crippen LogP contribution in [-0.2, 0) is 0 Å². The van der Waals surface area contributed by atoms with Gasteiger partial charge in [0.1, 0.15) is 0 Å². The number of carbonyl (C=O) groups excluding carboxylic acids is 1. The van der Waals surface area contributed by atoms with Gasteiger partial charge in [0, 0.05) is 20.1 Å². The van der Waals surface area contributed by atoms with Gasteiger partial charge in [-0.1, -0.05) is 6.92 Å². The van der Waals surface area contributed by atoms with Crippen molar-refractivity contribution in [1.82, 2.24) is 10.2 Å². The molecule has 4 nitrogen and oxygen atoms in total. The van der Waals surface area contributed by atoms with Crippen molar-refractivity contribution < 1.29 is 4.79 Å². The van der Waals surface area contributed by atoms with Gasteiger partial charge in [0.2, 0.25) is 0 Å². The number of carbonyl (C=O) groups is 1. The van der Waals surface area contributed by atoms with E-state index >= 15 is 0 Å². The van der Waals surface area contributed by atoms with E-state index in [2.05, 4.69) is 12.2 Å². The molecule has 1 aliphatic heterocycles. The van der Waals surface area contributed by atoms with Crippen molar-refractivity contribution in [3.8, 4) is 0 Å². The molecule has 0 bridgehead atoms. The van der Waals surface area contributed by atoms with Gasteiger partial charge in [-0.2, -0.15) is 0 Å². The van der Waals surface area contributed by atoms with Gasteiger partial charge < -0.3 is 16.0 Å². The number of nitrogens with two attached hydrogens (primary N) is 1. The number of amides is 2. The summed E-state index contributed by atoms with van der Waals surface area (Å²) < 4.78 is 0. The molecule has 0 aliphatic carbocycles. The summed E-state index contributed by atoms with van der Waals surface area (Å²) >= 11 is 0. The molecule has 2 amide bonds. The molecule has 0 aromatic heterocycles. The number of urea groups is 1. The lowest BCUT2D eigenvalue weighted by Gasteiger charge is -2.38. The predicted molar refractivity (Wildman–Crippen MR) is 52.4 cm³/mol. The lowest BCUT2D eigenvalue weighted by Crippen LogP contribution is -2.47. The Bertz CT molecular complexity index is 185. The Hall–Kier alpha value is -0.770. The molecule has 0 atom stereocenters. The van der Waals surface area contributed by atoms with Crippen LogP contribution in [0.4, 0.5) is 4.79 Å². The van der Waals surface area contributed by atoms with E-state index < -0.39 is 0 Å². The molecule has 0 saturated carbocycles. The van der Waals surface area contributed by atoms with Crippen molar-refractivity contribution in [1.29, 1.82) is 0 Å². The summed E-state index contributed by atoms with van der Waals surface area (Å²) in [5.74, 6) is 0. The average Bonchev–Trinajstić information content (AvgIpc) is 2.18. The maximum absolute atomic E-state index is 11.2. The van der Waals surface area contributed by atoms with Crippen molar-refractivity contribution in [2.45, 2.75) is 19.8 Å². The van der Waals surface area contributed by atoms with Gasteiger partial charge in [0.05, 0.1) is 0 Å². The number of hydrogen-bond donors (Lipinski definition) is 2. The van der Waals surface area contributed by atoms with E-state index in [4.69, 9.17) is 5.73 Å². The summed E-state index contributed by atoms with van der Waals surface area (Å²) in [6.45, 7) is 4.56. The Kier molecular flexibility index (Phi) is 3.14. The van der Waals surface area contributed by atoms with Gasteiger partial charge >= 0.3 is 6.03 Å². The second-order valence-corrected chi connectivity index (χ2v) is 4.06. The molecule has 0 spiro atoms. The summed E-state index contributed by atoms with van der Waals surface area (Å²) in [7, 11) is 1.67. The van der Waals surface area contributed by atoms with Gasteiger partial charge in [0.25, 0.3) is 0 Å². The first-order valence-electron chi connectivity index (χ1n) is 4.78. The second kappa shape index (κ2) is 3.96. The van der Waals surface area contributed by atoms with Crippen molar-refractivity contribution in [2.24, 2.45) is 11.1 Å². The predicted octanol–water partition coefficient (Wildman–Crippen LogP) is 0.387. The third-order valence-corrected chi connectivity index (χ3v) is 2.96. The van der Waals surface area contributed by atoms with Crippen LogP contribution in [0.15, 0.2) is 0 Å². The fraction of sp³-hybridized carbons (Fsp3) is 0.889. The lowest BCUT2D eigenvalue weighted by molar-refractivity contribution is 0.135. The third-order valence-electron chi connectivity index (χ3n) is 2.96. The molecule has 76 valence electrons. The first-order chi connectivity index (χ1) is 6.11. The number of nitrogens with zero attached hydrogens (tertiary/aromatic N) is 1. The number of piperidine rings is 1. The van der Waals surface area contributed by atoms with Gasteiger partial charge in [-0.15, -0.1) is 0 Å². The van der Waals surface area contributed by atoms with E-state index in [1.165, 1.54) is 0 Å². The topological polar surface area (TPSA) is 58.4 Å². The van der Waals surface area contributed by atoms with Crippen LogP contribution in [0, 0.1) is 5.41 Å². The Morgan fingerprint density at radius 2 is 2.08 bits per heavy atom. The highest BCUT2D eigenvalue weighted by Gasteiger charge is 2.30. The number of rotatable bonds is 1. The normalized spacial score (nSPS) is 21.3. The highest BCUT2D eigenvalue weighted by Crippen LogP contribution is 2.29. The van der Waals surface area contributed by atoms with Crippen molar-refractivity contribution in [3.63, 3.8) is 0 Å². The fourth-order valence-corrected chi connectivity index (χ4v) is 1.61. The summed E-state index contributed by atoms with van der Waals surface area (Å²) in [6, 6.07) is 0.0269. The zero-order chi connectivity index (χ0) is 9.90. The molecular formula is C9H19N3O.